The summed E-state index contributed by atoms with van der Waals surface area (Å²) in [6.07, 6.45) is 4.59. The molecule has 20 heavy (non-hydrogen) atoms. The number of hydrogen-bond acceptors (Lipinski definition) is 4. The number of likely N-dealkylation sites (N-methyl/N-ethyl adjacent to an activating group) is 2. The third-order valence-electron chi connectivity index (χ3n) is 3.84. The molecule has 0 radical (unpaired) electrons. The Morgan fingerprint density at radius 2 is 2.40 bits per heavy atom. The summed E-state index contributed by atoms with van der Waals surface area (Å²) >= 11 is 6.22. The largest absolute Gasteiger partial charge is 0.374 e. The Morgan fingerprint density at radius 3 is 3.10 bits per heavy atom. The Labute approximate surface area is 126 Å². The van der Waals surface area contributed by atoms with E-state index in [4.69, 9.17) is 16.3 Å². The predicted molar refractivity (Wildman–Crippen MR) is 82.3 cm³/mol. The van der Waals surface area contributed by atoms with E-state index in [1.807, 2.05) is 6.07 Å². The van der Waals surface area contributed by atoms with E-state index in [2.05, 4.69) is 29.0 Å². The number of morpholine rings is 1. The molecule has 0 saturated carbocycles. The van der Waals surface area contributed by atoms with Crippen molar-refractivity contribution in [2.24, 2.45) is 0 Å². The molecule has 0 aliphatic carbocycles. The SMILES string of the molecule is CCNC(Cc1ccncc1Cl)C1CN(CC)CCO1. The molecule has 1 aliphatic heterocycles. The van der Waals surface area contributed by atoms with E-state index in [0.29, 0.717) is 0 Å². The van der Waals surface area contributed by atoms with E-state index >= 15 is 0 Å². The van der Waals surface area contributed by atoms with Gasteiger partial charge in [-0.05, 0) is 31.1 Å². The van der Waals surface area contributed by atoms with Crippen molar-refractivity contribution >= 4 is 11.6 Å². The third-order valence-corrected chi connectivity index (χ3v) is 4.18. The lowest BCUT2D eigenvalue weighted by Gasteiger charge is -2.37. The van der Waals surface area contributed by atoms with Gasteiger partial charge in [0.25, 0.3) is 0 Å². The monoisotopic (exact) mass is 297 g/mol. The van der Waals surface area contributed by atoms with Crippen LogP contribution in [0.5, 0.6) is 0 Å². The average Bonchev–Trinajstić information content (AvgIpc) is 2.49. The summed E-state index contributed by atoms with van der Waals surface area (Å²) in [6, 6.07) is 2.28. The highest BCUT2D eigenvalue weighted by molar-refractivity contribution is 6.31. The van der Waals surface area contributed by atoms with Gasteiger partial charge < -0.3 is 10.1 Å². The fourth-order valence-corrected chi connectivity index (χ4v) is 2.86. The molecule has 2 unspecified atom stereocenters. The molecule has 1 fully saturated rings. The molecule has 2 rings (SSSR count). The summed E-state index contributed by atoms with van der Waals surface area (Å²) in [7, 11) is 0. The van der Waals surface area contributed by atoms with Crippen LogP contribution in [0.25, 0.3) is 0 Å². The Balaban J connectivity index is 2.04. The highest BCUT2D eigenvalue weighted by Crippen LogP contribution is 2.19. The van der Waals surface area contributed by atoms with Crippen LogP contribution < -0.4 is 5.32 Å². The Bertz CT molecular complexity index is 416. The third kappa shape index (κ3) is 4.16. The molecule has 0 amide bonds. The van der Waals surface area contributed by atoms with Gasteiger partial charge in [0.05, 0.1) is 17.7 Å². The van der Waals surface area contributed by atoms with Crippen LogP contribution >= 0.6 is 11.6 Å². The number of nitrogens with one attached hydrogen (secondary N) is 1. The second-order valence-electron chi connectivity index (χ2n) is 5.14. The topological polar surface area (TPSA) is 37.4 Å². The first-order chi connectivity index (χ1) is 9.74. The number of pyridine rings is 1. The zero-order valence-electron chi connectivity index (χ0n) is 12.3. The van der Waals surface area contributed by atoms with E-state index in [0.717, 1.165) is 49.8 Å². The summed E-state index contributed by atoms with van der Waals surface area (Å²) in [6.45, 7) is 9.16. The predicted octanol–water partition coefficient (Wildman–Crippen LogP) is 1.98. The fourth-order valence-electron chi connectivity index (χ4n) is 2.67. The zero-order chi connectivity index (χ0) is 14.4. The summed E-state index contributed by atoms with van der Waals surface area (Å²) in [4.78, 5) is 6.48. The molecule has 5 heteroatoms. The quantitative estimate of drug-likeness (QED) is 0.871. The number of hydrogen-bond donors (Lipinski definition) is 1. The van der Waals surface area contributed by atoms with Gasteiger partial charge in [-0.1, -0.05) is 25.4 Å². The first kappa shape index (κ1) is 15.7. The number of aromatic nitrogens is 1. The van der Waals surface area contributed by atoms with Crippen LogP contribution in [-0.2, 0) is 11.2 Å². The minimum atomic E-state index is 0.216. The van der Waals surface area contributed by atoms with Gasteiger partial charge in [-0.3, -0.25) is 9.88 Å². The maximum Gasteiger partial charge on any atom is 0.0858 e. The van der Waals surface area contributed by atoms with Crippen molar-refractivity contribution in [3.63, 3.8) is 0 Å². The van der Waals surface area contributed by atoms with Gasteiger partial charge in [-0.25, -0.2) is 0 Å². The van der Waals surface area contributed by atoms with Crippen molar-refractivity contribution < 1.29 is 4.74 Å². The average molecular weight is 298 g/mol. The van der Waals surface area contributed by atoms with Crippen LogP contribution in [0.3, 0.4) is 0 Å². The van der Waals surface area contributed by atoms with E-state index < -0.39 is 0 Å². The smallest absolute Gasteiger partial charge is 0.0858 e. The standard InChI is InChI=1S/C15H24ClN3O/c1-3-18-14(9-12-5-6-17-10-13(12)16)15-11-19(4-2)7-8-20-15/h5-6,10,14-15,18H,3-4,7-9,11H2,1-2H3. The molecule has 1 N–H and O–H groups in total. The Hall–Kier alpha value is -0.680. The van der Waals surface area contributed by atoms with E-state index in [9.17, 15) is 0 Å². The maximum atomic E-state index is 6.22. The molecule has 1 aromatic heterocycles. The highest BCUT2D eigenvalue weighted by atomic mass is 35.5. The lowest BCUT2D eigenvalue weighted by molar-refractivity contribution is -0.0445. The molecular weight excluding hydrogens is 274 g/mol. The van der Waals surface area contributed by atoms with Crippen LogP contribution in [0.15, 0.2) is 18.5 Å². The second kappa shape index (κ2) is 7.93. The molecule has 112 valence electrons. The number of halogens is 1. The summed E-state index contributed by atoms with van der Waals surface area (Å²) in [5, 5.41) is 4.28. The van der Waals surface area contributed by atoms with E-state index in [-0.39, 0.29) is 12.1 Å². The molecule has 0 spiro atoms. The lowest BCUT2D eigenvalue weighted by Crippen LogP contribution is -2.53. The van der Waals surface area contributed by atoms with E-state index in [1.165, 1.54) is 0 Å². The van der Waals surface area contributed by atoms with Gasteiger partial charge in [0.1, 0.15) is 0 Å². The van der Waals surface area contributed by atoms with Gasteiger partial charge in [-0.15, -0.1) is 0 Å². The van der Waals surface area contributed by atoms with Gasteiger partial charge in [0.2, 0.25) is 0 Å². The van der Waals surface area contributed by atoms with Crippen LogP contribution in [0.4, 0.5) is 0 Å². The fraction of sp³-hybridized carbons (Fsp3) is 0.667. The Morgan fingerprint density at radius 1 is 1.55 bits per heavy atom. The summed E-state index contributed by atoms with van der Waals surface area (Å²) in [5.41, 5.74) is 1.13. The minimum Gasteiger partial charge on any atom is -0.374 e. The summed E-state index contributed by atoms with van der Waals surface area (Å²) < 4.78 is 5.97. The van der Waals surface area contributed by atoms with Crippen LogP contribution in [0.1, 0.15) is 19.4 Å². The first-order valence-electron chi connectivity index (χ1n) is 7.40. The number of rotatable bonds is 6. The van der Waals surface area contributed by atoms with Crippen molar-refractivity contribution in [1.82, 2.24) is 15.2 Å². The first-order valence-corrected chi connectivity index (χ1v) is 7.78. The molecule has 2 heterocycles. The zero-order valence-corrected chi connectivity index (χ0v) is 13.1. The van der Waals surface area contributed by atoms with E-state index in [1.54, 1.807) is 12.4 Å². The molecule has 1 aromatic rings. The highest BCUT2D eigenvalue weighted by Gasteiger charge is 2.27. The van der Waals surface area contributed by atoms with Crippen molar-refractivity contribution in [2.45, 2.75) is 32.4 Å². The Kier molecular flexibility index (Phi) is 6.23. The minimum absolute atomic E-state index is 0.216. The number of nitrogens with zero attached hydrogens (tertiary/aromatic N) is 2. The lowest BCUT2D eigenvalue weighted by atomic mass is 10.0. The van der Waals surface area contributed by atoms with Crippen LogP contribution in [0, 0.1) is 0 Å². The number of ether oxygens (including phenoxy) is 1. The van der Waals surface area contributed by atoms with Crippen LogP contribution in [-0.4, -0.2) is 54.8 Å². The van der Waals surface area contributed by atoms with Crippen LogP contribution in [0.2, 0.25) is 5.02 Å². The summed E-state index contributed by atoms with van der Waals surface area (Å²) in [5.74, 6) is 0. The molecule has 1 aliphatic rings. The maximum absolute atomic E-state index is 6.22. The van der Waals surface area contributed by atoms with Crippen molar-refractivity contribution in [2.75, 3.05) is 32.8 Å². The van der Waals surface area contributed by atoms with Gasteiger partial charge >= 0.3 is 0 Å². The normalized spacial score (nSPS) is 21.9. The molecular formula is C15H24ClN3O. The van der Waals surface area contributed by atoms with Gasteiger partial charge in [0, 0.05) is 31.5 Å². The van der Waals surface area contributed by atoms with Crippen molar-refractivity contribution in [3.8, 4) is 0 Å². The van der Waals surface area contributed by atoms with Gasteiger partial charge in [-0.2, -0.15) is 0 Å². The van der Waals surface area contributed by atoms with Crippen molar-refractivity contribution in [3.05, 3.63) is 29.0 Å². The molecule has 0 bridgehead atoms. The molecule has 1 saturated heterocycles. The molecule has 0 aromatic carbocycles. The van der Waals surface area contributed by atoms with Crippen molar-refractivity contribution in [1.29, 1.82) is 0 Å². The molecule has 4 nitrogen and oxygen atoms in total. The second-order valence-corrected chi connectivity index (χ2v) is 5.55. The molecule has 2 atom stereocenters. The van der Waals surface area contributed by atoms with Gasteiger partial charge in [0.15, 0.2) is 0 Å².